The number of carbonyl (C=O) groups excluding carboxylic acids is 2. The van der Waals surface area contributed by atoms with E-state index in [9.17, 15) is 29.6 Å². The molecule has 1 heterocycles. The van der Waals surface area contributed by atoms with Crippen LogP contribution in [0.15, 0.2) is 17.8 Å². The predicted octanol–water partition coefficient (Wildman–Crippen LogP) is 0.676. The standard InChI is InChI=1S/C14H13N3O8/c1-2-25-10-5-7(4-9(12(10)20)17(23)24)3-8-13(21)16(6-11(18)19)14(22)15-8/h3-5,20H,2,6H2,1H3,(H,15,22)(H,18,19)/b8-3+. The molecule has 0 saturated carbocycles. The average Bonchev–Trinajstić information content (AvgIpc) is 2.77. The minimum absolute atomic E-state index is 0.105. The normalized spacial score (nSPS) is 15.4. The summed E-state index contributed by atoms with van der Waals surface area (Å²) in [7, 11) is 0. The Morgan fingerprint density at radius 1 is 1.44 bits per heavy atom. The fourth-order valence-corrected chi connectivity index (χ4v) is 2.12. The van der Waals surface area contributed by atoms with Crippen molar-refractivity contribution in [3.05, 3.63) is 33.5 Å². The van der Waals surface area contributed by atoms with E-state index in [0.29, 0.717) is 4.90 Å². The quantitative estimate of drug-likeness (QED) is 0.292. The van der Waals surface area contributed by atoms with Crippen LogP contribution in [0.2, 0.25) is 0 Å². The average molecular weight is 351 g/mol. The van der Waals surface area contributed by atoms with Crippen molar-refractivity contribution in [2.45, 2.75) is 6.92 Å². The highest BCUT2D eigenvalue weighted by molar-refractivity contribution is 6.15. The maximum atomic E-state index is 12.0. The van der Waals surface area contributed by atoms with Crippen LogP contribution in [0, 0.1) is 10.1 Å². The monoisotopic (exact) mass is 351 g/mol. The number of aliphatic carboxylic acids is 1. The van der Waals surface area contributed by atoms with Crippen LogP contribution in [0.25, 0.3) is 6.08 Å². The van der Waals surface area contributed by atoms with Crippen LogP contribution in [0.5, 0.6) is 11.5 Å². The highest BCUT2D eigenvalue weighted by Crippen LogP contribution is 2.37. The highest BCUT2D eigenvalue weighted by atomic mass is 16.6. The number of rotatable bonds is 6. The smallest absolute Gasteiger partial charge is 0.329 e. The van der Waals surface area contributed by atoms with Gasteiger partial charge in [0.25, 0.3) is 5.91 Å². The number of hydrogen-bond acceptors (Lipinski definition) is 7. The molecule has 11 nitrogen and oxygen atoms in total. The van der Waals surface area contributed by atoms with Crippen LogP contribution >= 0.6 is 0 Å². The van der Waals surface area contributed by atoms with E-state index in [1.807, 2.05) is 0 Å². The number of urea groups is 1. The first kappa shape index (κ1) is 17.7. The van der Waals surface area contributed by atoms with Gasteiger partial charge in [-0.1, -0.05) is 0 Å². The van der Waals surface area contributed by atoms with E-state index in [2.05, 4.69) is 5.32 Å². The van der Waals surface area contributed by atoms with E-state index in [-0.39, 0.29) is 23.6 Å². The van der Waals surface area contributed by atoms with Gasteiger partial charge >= 0.3 is 17.7 Å². The lowest BCUT2D eigenvalue weighted by atomic mass is 10.1. The lowest BCUT2D eigenvalue weighted by molar-refractivity contribution is -0.386. The van der Waals surface area contributed by atoms with Gasteiger partial charge in [-0.2, -0.15) is 0 Å². The molecule has 0 spiro atoms. The minimum Gasteiger partial charge on any atom is -0.500 e. The molecular weight excluding hydrogens is 338 g/mol. The van der Waals surface area contributed by atoms with Gasteiger partial charge in [0, 0.05) is 6.07 Å². The number of carbonyl (C=O) groups is 3. The predicted molar refractivity (Wildman–Crippen MR) is 81.8 cm³/mol. The van der Waals surface area contributed by atoms with Crippen LogP contribution < -0.4 is 10.1 Å². The van der Waals surface area contributed by atoms with Crippen molar-refractivity contribution in [1.82, 2.24) is 10.2 Å². The molecule has 3 amide bonds. The molecule has 0 bridgehead atoms. The van der Waals surface area contributed by atoms with E-state index in [0.717, 1.165) is 12.1 Å². The van der Waals surface area contributed by atoms with E-state index >= 15 is 0 Å². The molecule has 0 aliphatic carbocycles. The molecule has 0 atom stereocenters. The summed E-state index contributed by atoms with van der Waals surface area (Å²) in [6.45, 7) is 0.926. The van der Waals surface area contributed by atoms with E-state index in [4.69, 9.17) is 9.84 Å². The van der Waals surface area contributed by atoms with Crippen molar-refractivity contribution in [3.8, 4) is 11.5 Å². The molecule has 11 heteroatoms. The number of nitro benzene ring substituents is 1. The van der Waals surface area contributed by atoms with Gasteiger partial charge in [0.15, 0.2) is 5.75 Å². The number of phenols is 1. The number of hydrogen-bond donors (Lipinski definition) is 3. The van der Waals surface area contributed by atoms with Crippen molar-refractivity contribution in [1.29, 1.82) is 0 Å². The molecular formula is C14H13N3O8. The number of benzene rings is 1. The Balaban J connectivity index is 2.43. The van der Waals surface area contributed by atoms with Gasteiger partial charge in [0.2, 0.25) is 5.75 Å². The Kier molecular flexibility index (Phi) is 4.86. The molecule has 3 N–H and O–H groups in total. The third kappa shape index (κ3) is 3.65. The SMILES string of the molecule is CCOc1cc(/C=C2/NC(=O)N(CC(=O)O)C2=O)cc([N+](=O)[O-])c1O. The summed E-state index contributed by atoms with van der Waals surface area (Å²) in [6.07, 6.45) is 1.12. The van der Waals surface area contributed by atoms with Gasteiger partial charge in [0.1, 0.15) is 12.2 Å². The number of carboxylic acids is 1. The minimum atomic E-state index is -1.37. The Morgan fingerprint density at radius 3 is 2.68 bits per heavy atom. The number of amides is 3. The summed E-state index contributed by atoms with van der Waals surface area (Å²) >= 11 is 0. The summed E-state index contributed by atoms with van der Waals surface area (Å²) in [5.74, 6) is -3.09. The number of carboxylic acid groups (broad SMARTS) is 1. The Morgan fingerprint density at radius 2 is 2.12 bits per heavy atom. The van der Waals surface area contributed by atoms with Gasteiger partial charge < -0.3 is 20.3 Å². The summed E-state index contributed by atoms with van der Waals surface area (Å²) in [4.78, 5) is 45.0. The summed E-state index contributed by atoms with van der Waals surface area (Å²) in [5.41, 5.74) is -0.792. The fraction of sp³-hybridized carbons (Fsp3) is 0.214. The molecule has 1 saturated heterocycles. The number of ether oxygens (including phenoxy) is 1. The number of phenolic OH excluding ortho intramolecular Hbond substituents is 1. The van der Waals surface area contributed by atoms with Crippen molar-refractivity contribution in [3.63, 3.8) is 0 Å². The first-order valence-corrected chi connectivity index (χ1v) is 6.95. The second-order valence-corrected chi connectivity index (χ2v) is 4.85. The Labute approximate surface area is 140 Å². The van der Waals surface area contributed by atoms with Gasteiger partial charge in [-0.15, -0.1) is 0 Å². The third-order valence-electron chi connectivity index (χ3n) is 3.14. The van der Waals surface area contributed by atoms with Crippen LogP contribution in [0.3, 0.4) is 0 Å². The van der Waals surface area contributed by atoms with Crippen molar-refractivity contribution < 1.29 is 34.3 Å². The number of imide groups is 1. The molecule has 132 valence electrons. The molecule has 0 aromatic heterocycles. The Bertz CT molecular complexity index is 802. The van der Waals surface area contributed by atoms with E-state index < -0.39 is 40.8 Å². The number of nitro groups is 1. The van der Waals surface area contributed by atoms with Crippen molar-refractivity contribution in [2.24, 2.45) is 0 Å². The van der Waals surface area contributed by atoms with Gasteiger partial charge in [-0.25, -0.2) is 9.69 Å². The van der Waals surface area contributed by atoms with Crippen molar-refractivity contribution in [2.75, 3.05) is 13.2 Å². The topological polar surface area (TPSA) is 159 Å². The summed E-state index contributed by atoms with van der Waals surface area (Å²) in [6, 6.07) is 1.32. The second kappa shape index (κ2) is 6.86. The van der Waals surface area contributed by atoms with Crippen molar-refractivity contribution >= 4 is 29.7 Å². The molecule has 1 aromatic rings. The van der Waals surface area contributed by atoms with Gasteiger partial charge in [0.05, 0.1) is 11.5 Å². The lowest BCUT2D eigenvalue weighted by Gasteiger charge is -2.08. The molecule has 1 aromatic carbocycles. The molecule has 25 heavy (non-hydrogen) atoms. The van der Waals surface area contributed by atoms with Gasteiger partial charge in [-0.05, 0) is 24.6 Å². The van der Waals surface area contributed by atoms with Crippen LogP contribution in [0.1, 0.15) is 12.5 Å². The fourth-order valence-electron chi connectivity index (χ4n) is 2.12. The third-order valence-corrected chi connectivity index (χ3v) is 3.14. The molecule has 0 radical (unpaired) electrons. The zero-order valence-electron chi connectivity index (χ0n) is 12.9. The maximum Gasteiger partial charge on any atom is 0.329 e. The number of nitrogens with zero attached hydrogens (tertiary/aromatic N) is 2. The number of nitrogens with one attached hydrogen (secondary N) is 1. The first-order chi connectivity index (χ1) is 11.7. The zero-order chi connectivity index (χ0) is 18.7. The molecule has 0 unspecified atom stereocenters. The summed E-state index contributed by atoms with van der Waals surface area (Å²) < 4.78 is 5.11. The first-order valence-electron chi connectivity index (χ1n) is 6.95. The maximum absolute atomic E-state index is 12.0. The second-order valence-electron chi connectivity index (χ2n) is 4.85. The van der Waals surface area contributed by atoms with Crippen LogP contribution in [0.4, 0.5) is 10.5 Å². The largest absolute Gasteiger partial charge is 0.500 e. The molecule has 2 rings (SSSR count). The van der Waals surface area contributed by atoms with Crippen LogP contribution in [-0.2, 0) is 9.59 Å². The van der Waals surface area contributed by atoms with E-state index in [1.165, 1.54) is 6.07 Å². The highest BCUT2D eigenvalue weighted by Gasteiger charge is 2.35. The zero-order valence-corrected chi connectivity index (χ0v) is 12.9. The Hall–Kier alpha value is -3.63. The lowest BCUT2D eigenvalue weighted by Crippen LogP contribution is -2.35. The molecule has 1 fully saturated rings. The van der Waals surface area contributed by atoms with Gasteiger partial charge in [-0.3, -0.25) is 19.7 Å². The molecule has 1 aliphatic rings. The summed E-state index contributed by atoms with van der Waals surface area (Å²) in [5, 5.41) is 31.7. The van der Waals surface area contributed by atoms with Crippen LogP contribution in [-0.4, -0.2) is 51.1 Å². The van der Waals surface area contributed by atoms with E-state index in [1.54, 1.807) is 6.92 Å². The molecule has 1 aliphatic heterocycles. The number of aromatic hydroxyl groups is 1.